The van der Waals surface area contributed by atoms with Gasteiger partial charge in [-0.05, 0) is 35.4 Å². The molecule has 0 amide bonds. The number of hydrogen-bond acceptors (Lipinski definition) is 2. The molecule has 0 aliphatic heterocycles. The molecule has 1 unspecified atom stereocenters. The van der Waals surface area contributed by atoms with Crippen molar-refractivity contribution in [1.82, 2.24) is 5.32 Å². The van der Waals surface area contributed by atoms with Crippen LogP contribution in [0.15, 0.2) is 29.6 Å². The van der Waals surface area contributed by atoms with Gasteiger partial charge in [-0.3, -0.25) is 0 Å². The molecule has 0 radical (unpaired) electrons. The smallest absolute Gasteiger partial charge is 0.306 e. The summed E-state index contributed by atoms with van der Waals surface area (Å²) in [7, 11) is 0. The van der Waals surface area contributed by atoms with E-state index in [-0.39, 0.29) is 6.42 Å². The van der Waals surface area contributed by atoms with E-state index in [1.807, 2.05) is 29.6 Å². The third-order valence-corrected chi connectivity index (χ3v) is 3.84. The van der Waals surface area contributed by atoms with Gasteiger partial charge in [0.25, 0.3) is 0 Å². The van der Waals surface area contributed by atoms with Crippen molar-refractivity contribution >= 4 is 21.4 Å². The van der Waals surface area contributed by atoms with Crippen LogP contribution in [0.25, 0.3) is 10.1 Å². The molecule has 0 aliphatic rings. The molecule has 0 fully saturated rings. The summed E-state index contributed by atoms with van der Waals surface area (Å²) in [5.74, 6) is 0. The molecule has 18 heavy (non-hydrogen) atoms. The van der Waals surface area contributed by atoms with Gasteiger partial charge in [0.1, 0.15) is 6.04 Å². The number of rotatable bonds is 4. The van der Waals surface area contributed by atoms with Crippen LogP contribution in [0.2, 0.25) is 0 Å². The molecule has 0 saturated carbocycles. The zero-order valence-corrected chi connectivity index (χ0v) is 10.7. The summed E-state index contributed by atoms with van der Waals surface area (Å²) in [6.45, 7) is 2.00. The van der Waals surface area contributed by atoms with Crippen LogP contribution in [-0.4, -0.2) is 18.8 Å². The molecule has 2 rings (SSSR count). The number of benzene rings is 1. The molecule has 1 atom stereocenters. The monoisotopic (exact) mass is 273 g/mol. The van der Waals surface area contributed by atoms with E-state index in [2.05, 4.69) is 5.32 Å². The Morgan fingerprint density at radius 2 is 2.00 bits per heavy atom. The number of thiophene rings is 1. The summed E-state index contributed by atoms with van der Waals surface area (Å²) in [5, 5.41) is 5.25. The molecule has 1 heterocycles. The second-order valence-corrected chi connectivity index (χ2v) is 5.02. The number of hydrogen-bond donors (Lipinski definition) is 1. The Kier molecular flexibility index (Phi) is 3.92. The van der Waals surface area contributed by atoms with Crippen molar-refractivity contribution in [2.45, 2.75) is 25.6 Å². The van der Waals surface area contributed by atoms with Gasteiger partial charge < -0.3 is 5.32 Å². The van der Waals surface area contributed by atoms with E-state index in [1.54, 1.807) is 6.92 Å². The van der Waals surface area contributed by atoms with E-state index in [0.717, 1.165) is 15.6 Å². The minimum Gasteiger partial charge on any atom is -0.306 e. The summed E-state index contributed by atoms with van der Waals surface area (Å²) in [5.41, 5.74) is 0.763. The molecule has 0 saturated heterocycles. The first-order chi connectivity index (χ1) is 8.52. The first kappa shape index (κ1) is 13.4. The van der Waals surface area contributed by atoms with Gasteiger partial charge in [-0.25, -0.2) is 0 Å². The highest BCUT2D eigenvalue weighted by Gasteiger charge is 2.39. The highest BCUT2D eigenvalue weighted by atomic mass is 32.1. The van der Waals surface area contributed by atoms with Crippen LogP contribution in [-0.2, 0) is 6.42 Å². The molecule has 0 aliphatic carbocycles. The molecule has 1 aromatic carbocycles. The van der Waals surface area contributed by atoms with Crippen molar-refractivity contribution in [1.29, 1.82) is 0 Å². The van der Waals surface area contributed by atoms with Crippen LogP contribution in [0.1, 0.15) is 12.5 Å². The van der Waals surface area contributed by atoms with E-state index in [4.69, 9.17) is 0 Å². The maximum atomic E-state index is 12.8. The number of halogens is 3. The van der Waals surface area contributed by atoms with Crippen molar-refractivity contribution in [3.63, 3.8) is 0 Å². The molecule has 0 bridgehead atoms. The van der Waals surface area contributed by atoms with Gasteiger partial charge in [-0.15, -0.1) is 11.3 Å². The minimum absolute atomic E-state index is 0.0125. The van der Waals surface area contributed by atoms with Crippen molar-refractivity contribution in [2.75, 3.05) is 6.54 Å². The first-order valence-corrected chi connectivity index (χ1v) is 6.65. The molecule has 5 heteroatoms. The lowest BCUT2D eigenvalue weighted by atomic mass is 10.0. The first-order valence-electron chi connectivity index (χ1n) is 5.77. The van der Waals surface area contributed by atoms with Gasteiger partial charge in [0.05, 0.1) is 0 Å². The maximum Gasteiger partial charge on any atom is 0.404 e. The normalized spacial score (nSPS) is 14.0. The highest BCUT2D eigenvalue weighted by Crippen LogP contribution is 2.30. The molecule has 2 aromatic rings. The number of fused-ring (bicyclic) bond motifs is 1. The lowest BCUT2D eigenvalue weighted by Gasteiger charge is -2.20. The van der Waals surface area contributed by atoms with Crippen LogP contribution in [0.4, 0.5) is 13.2 Å². The standard InChI is InChI=1S/C13H14F3NS/c1-2-17-12(13(14,15)16)7-9-8-18-11-6-4-3-5-10(9)11/h3-6,8,12,17H,2,7H2,1H3. The Hall–Kier alpha value is -1.07. The Bertz CT molecular complexity index is 518. The van der Waals surface area contributed by atoms with Gasteiger partial charge in [-0.1, -0.05) is 25.1 Å². The van der Waals surface area contributed by atoms with Gasteiger partial charge in [-0.2, -0.15) is 13.2 Å². The van der Waals surface area contributed by atoms with E-state index in [0.29, 0.717) is 6.54 Å². The molecule has 1 N–H and O–H groups in total. The Morgan fingerprint density at radius 3 is 2.67 bits per heavy atom. The molecular weight excluding hydrogens is 259 g/mol. The SMILES string of the molecule is CCNC(Cc1csc2ccccc12)C(F)(F)F. The van der Waals surface area contributed by atoms with Gasteiger partial charge in [0.15, 0.2) is 0 Å². The zero-order valence-electron chi connectivity index (χ0n) is 9.92. The summed E-state index contributed by atoms with van der Waals surface area (Å²) in [4.78, 5) is 0. The van der Waals surface area contributed by atoms with E-state index in [1.165, 1.54) is 11.3 Å². The average Bonchev–Trinajstić information content (AvgIpc) is 2.71. The predicted octanol–water partition coefficient (Wildman–Crippen LogP) is 3.98. The lowest BCUT2D eigenvalue weighted by Crippen LogP contribution is -2.43. The van der Waals surface area contributed by atoms with Crippen molar-refractivity contribution in [3.05, 3.63) is 35.2 Å². The number of likely N-dealkylation sites (N-methyl/N-ethyl adjacent to an activating group) is 1. The number of alkyl halides is 3. The van der Waals surface area contributed by atoms with Crippen LogP contribution < -0.4 is 5.32 Å². The average molecular weight is 273 g/mol. The Morgan fingerprint density at radius 1 is 1.28 bits per heavy atom. The summed E-state index contributed by atoms with van der Waals surface area (Å²) >= 11 is 1.49. The molecule has 98 valence electrons. The van der Waals surface area contributed by atoms with E-state index in [9.17, 15) is 13.2 Å². The molecule has 1 aromatic heterocycles. The van der Waals surface area contributed by atoms with E-state index < -0.39 is 12.2 Å². The quantitative estimate of drug-likeness (QED) is 0.888. The fourth-order valence-corrected chi connectivity index (χ4v) is 2.94. The van der Waals surface area contributed by atoms with Crippen LogP contribution in [0, 0.1) is 0 Å². The van der Waals surface area contributed by atoms with Crippen LogP contribution >= 0.6 is 11.3 Å². The van der Waals surface area contributed by atoms with E-state index >= 15 is 0 Å². The van der Waals surface area contributed by atoms with Crippen molar-refractivity contribution in [2.24, 2.45) is 0 Å². The summed E-state index contributed by atoms with van der Waals surface area (Å²) < 4.78 is 39.6. The van der Waals surface area contributed by atoms with Gasteiger partial charge in [0, 0.05) is 4.70 Å². The fraction of sp³-hybridized carbons (Fsp3) is 0.385. The third-order valence-electron chi connectivity index (χ3n) is 2.83. The minimum atomic E-state index is -4.21. The second-order valence-electron chi connectivity index (χ2n) is 4.11. The highest BCUT2D eigenvalue weighted by molar-refractivity contribution is 7.17. The predicted molar refractivity (Wildman–Crippen MR) is 69.0 cm³/mol. The summed E-state index contributed by atoms with van der Waals surface area (Å²) in [6.07, 6.45) is -4.22. The Balaban J connectivity index is 2.26. The van der Waals surface area contributed by atoms with Crippen LogP contribution in [0.5, 0.6) is 0 Å². The molecule has 0 spiro atoms. The molecule has 1 nitrogen and oxygen atoms in total. The largest absolute Gasteiger partial charge is 0.404 e. The van der Waals surface area contributed by atoms with Gasteiger partial charge in [0.2, 0.25) is 0 Å². The zero-order chi connectivity index (χ0) is 13.2. The van der Waals surface area contributed by atoms with Crippen LogP contribution in [0.3, 0.4) is 0 Å². The van der Waals surface area contributed by atoms with Crippen molar-refractivity contribution in [3.8, 4) is 0 Å². The third kappa shape index (κ3) is 2.84. The number of nitrogens with one attached hydrogen (secondary N) is 1. The van der Waals surface area contributed by atoms with Gasteiger partial charge >= 0.3 is 6.18 Å². The summed E-state index contributed by atoms with van der Waals surface area (Å²) in [6, 6.07) is 6.09. The lowest BCUT2D eigenvalue weighted by molar-refractivity contribution is -0.155. The topological polar surface area (TPSA) is 12.0 Å². The maximum absolute atomic E-state index is 12.8. The second kappa shape index (κ2) is 5.28. The molecular formula is C13H14F3NS. The van der Waals surface area contributed by atoms with Crippen molar-refractivity contribution < 1.29 is 13.2 Å². The fourth-order valence-electron chi connectivity index (χ4n) is 1.96. The Labute approximate surface area is 108 Å².